The van der Waals surface area contributed by atoms with Crippen LogP contribution in [0.4, 0.5) is 4.39 Å². The Morgan fingerprint density at radius 1 is 1.20 bits per heavy atom. The highest BCUT2D eigenvalue weighted by Gasteiger charge is 2.27. The summed E-state index contributed by atoms with van der Waals surface area (Å²) < 4.78 is 13.5. The van der Waals surface area contributed by atoms with Crippen LogP contribution in [-0.4, -0.2) is 5.11 Å². The number of benzene rings is 2. The van der Waals surface area contributed by atoms with E-state index >= 15 is 0 Å². The molecule has 2 aromatic rings. The van der Waals surface area contributed by atoms with Gasteiger partial charge in [-0.25, -0.2) is 4.39 Å². The predicted molar refractivity (Wildman–Crippen MR) is 80.6 cm³/mol. The molecule has 2 aromatic carbocycles. The zero-order chi connectivity index (χ0) is 14.9. The van der Waals surface area contributed by atoms with E-state index in [0.29, 0.717) is 5.56 Å². The molecule has 0 heterocycles. The number of rotatable bonds is 3. The van der Waals surface area contributed by atoms with Crippen LogP contribution in [0.15, 0.2) is 36.4 Å². The van der Waals surface area contributed by atoms with Crippen molar-refractivity contribution in [3.8, 4) is 0 Å². The molecule has 1 nitrogen and oxygen atoms in total. The second kappa shape index (κ2) is 5.55. The Balaban J connectivity index is 2.40. The molecule has 106 valence electrons. The highest BCUT2D eigenvalue weighted by Crippen LogP contribution is 2.31. The van der Waals surface area contributed by atoms with Gasteiger partial charge in [-0.05, 0) is 43.5 Å². The highest BCUT2D eigenvalue weighted by molar-refractivity contribution is 6.31. The Hall–Kier alpha value is -1.38. The van der Waals surface area contributed by atoms with E-state index in [4.69, 9.17) is 11.6 Å². The Morgan fingerprint density at radius 3 is 2.60 bits per heavy atom. The SMILES string of the molecule is Cc1ccc(C)c(C(C)(O)Cc2cccc(F)c2Cl)c1. The third-order valence-corrected chi connectivity index (χ3v) is 3.96. The summed E-state index contributed by atoms with van der Waals surface area (Å²) in [6, 6.07) is 10.6. The first kappa shape index (κ1) is 15.0. The van der Waals surface area contributed by atoms with Crippen molar-refractivity contribution >= 4 is 11.6 Å². The molecule has 0 aromatic heterocycles. The lowest BCUT2D eigenvalue weighted by molar-refractivity contribution is 0.0569. The summed E-state index contributed by atoms with van der Waals surface area (Å²) >= 11 is 5.97. The summed E-state index contributed by atoms with van der Waals surface area (Å²) in [6.07, 6.45) is 0.272. The fourth-order valence-electron chi connectivity index (χ4n) is 2.47. The van der Waals surface area contributed by atoms with Crippen LogP contribution in [0.25, 0.3) is 0 Å². The molecule has 1 atom stereocenters. The molecule has 2 rings (SSSR count). The highest BCUT2D eigenvalue weighted by atomic mass is 35.5. The summed E-state index contributed by atoms with van der Waals surface area (Å²) in [7, 11) is 0. The summed E-state index contributed by atoms with van der Waals surface area (Å²) in [5.41, 5.74) is 2.45. The van der Waals surface area contributed by atoms with Crippen molar-refractivity contribution in [3.05, 3.63) is 69.5 Å². The van der Waals surface area contributed by atoms with Crippen LogP contribution < -0.4 is 0 Å². The Kier molecular flexibility index (Phi) is 4.17. The fourth-order valence-corrected chi connectivity index (χ4v) is 2.66. The van der Waals surface area contributed by atoms with Gasteiger partial charge in [0.15, 0.2) is 0 Å². The second-order valence-corrected chi connectivity index (χ2v) is 5.86. The van der Waals surface area contributed by atoms with Crippen molar-refractivity contribution in [2.24, 2.45) is 0 Å². The van der Waals surface area contributed by atoms with Crippen LogP contribution in [0, 0.1) is 19.7 Å². The van der Waals surface area contributed by atoms with E-state index < -0.39 is 11.4 Å². The van der Waals surface area contributed by atoms with E-state index in [-0.39, 0.29) is 11.4 Å². The Labute approximate surface area is 124 Å². The van der Waals surface area contributed by atoms with Gasteiger partial charge < -0.3 is 5.11 Å². The average Bonchev–Trinajstić information content (AvgIpc) is 2.37. The van der Waals surface area contributed by atoms with Gasteiger partial charge in [0.05, 0.1) is 10.6 Å². The van der Waals surface area contributed by atoms with Crippen molar-refractivity contribution in [2.75, 3.05) is 0 Å². The van der Waals surface area contributed by atoms with E-state index in [1.807, 2.05) is 32.0 Å². The Morgan fingerprint density at radius 2 is 1.90 bits per heavy atom. The first-order valence-electron chi connectivity index (χ1n) is 6.54. The molecule has 0 saturated carbocycles. The quantitative estimate of drug-likeness (QED) is 0.880. The van der Waals surface area contributed by atoms with Crippen LogP contribution in [0.5, 0.6) is 0 Å². The van der Waals surface area contributed by atoms with Gasteiger partial charge in [-0.3, -0.25) is 0 Å². The first-order chi connectivity index (χ1) is 9.31. The average molecular weight is 293 g/mol. The number of aryl methyl sites for hydroxylation is 2. The van der Waals surface area contributed by atoms with Crippen LogP contribution in [0.1, 0.15) is 29.2 Å². The molecule has 0 saturated heterocycles. The van der Waals surface area contributed by atoms with Crippen LogP contribution in [-0.2, 0) is 12.0 Å². The molecule has 0 aliphatic heterocycles. The second-order valence-electron chi connectivity index (χ2n) is 5.48. The molecule has 0 aliphatic carbocycles. The molecule has 0 fully saturated rings. The lowest BCUT2D eigenvalue weighted by atomic mass is 9.85. The van der Waals surface area contributed by atoms with Crippen LogP contribution >= 0.6 is 11.6 Å². The van der Waals surface area contributed by atoms with Gasteiger partial charge in [-0.2, -0.15) is 0 Å². The maximum absolute atomic E-state index is 13.5. The van der Waals surface area contributed by atoms with Gasteiger partial charge in [0.2, 0.25) is 0 Å². The minimum Gasteiger partial charge on any atom is -0.385 e. The van der Waals surface area contributed by atoms with E-state index in [2.05, 4.69) is 0 Å². The molecule has 20 heavy (non-hydrogen) atoms. The number of aliphatic hydroxyl groups is 1. The van der Waals surface area contributed by atoms with Crippen molar-refractivity contribution < 1.29 is 9.50 Å². The molecule has 1 N–H and O–H groups in total. The molecular weight excluding hydrogens is 275 g/mol. The zero-order valence-electron chi connectivity index (χ0n) is 11.9. The largest absolute Gasteiger partial charge is 0.385 e. The number of halogens is 2. The van der Waals surface area contributed by atoms with E-state index in [1.165, 1.54) is 6.07 Å². The minimum absolute atomic E-state index is 0.0816. The molecule has 0 amide bonds. The maximum Gasteiger partial charge on any atom is 0.142 e. The lowest BCUT2D eigenvalue weighted by Gasteiger charge is -2.27. The van der Waals surface area contributed by atoms with Crippen molar-refractivity contribution in [1.29, 1.82) is 0 Å². The first-order valence-corrected chi connectivity index (χ1v) is 6.92. The van der Waals surface area contributed by atoms with Gasteiger partial charge in [-0.1, -0.05) is 47.5 Å². The van der Waals surface area contributed by atoms with E-state index in [0.717, 1.165) is 16.7 Å². The predicted octanol–water partition coefficient (Wildman–Crippen LogP) is 4.55. The number of hydrogen-bond acceptors (Lipinski definition) is 1. The monoisotopic (exact) mass is 292 g/mol. The fraction of sp³-hybridized carbons (Fsp3) is 0.294. The summed E-state index contributed by atoms with van der Waals surface area (Å²) in [4.78, 5) is 0. The summed E-state index contributed by atoms with van der Waals surface area (Å²) in [5, 5.41) is 10.9. The van der Waals surface area contributed by atoms with Gasteiger partial charge in [0, 0.05) is 6.42 Å². The molecule has 0 aliphatic rings. The van der Waals surface area contributed by atoms with Gasteiger partial charge >= 0.3 is 0 Å². The van der Waals surface area contributed by atoms with Gasteiger partial charge in [0.25, 0.3) is 0 Å². The molecule has 3 heteroatoms. The summed E-state index contributed by atoms with van der Waals surface area (Å²) in [5.74, 6) is -0.457. The van der Waals surface area contributed by atoms with E-state index in [1.54, 1.807) is 19.1 Å². The lowest BCUT2D eigenvalue weighted by Crippen LogP contribution is -2.25. The smallest absolute Gasteiger partial charge is 0.142 e. The molecule has 1 unspecified atom stereocenters. The van der Waals surface area contributed by atoms with Crippen LogP contribution in [0.2, 0.25) is 5.02 Å². The Bertz CT molecular complexity index is 635. The maximum atomic E-state index is 13.5. The van der Waals surface area contributed by atoms with E-state index in [9.17, 15) is 9.50 Å². The standard InChI is InChI=1S/C17H18ClFO/c1-11-7-8-12(2)14(9-11)17(3,20)10-13-5-4-6-15(19)16(13)18/h4-9,20H,10H2,1-3H3. The molecular formula is C17H18ClFO. The van der Waals surface area contributed by atoms with Gasteiger partial charge in [0.1, 0.15) is 5.82 Å². The normalized spacial score (nSPS) is 14.1. The third-order valence-electron chi connectivity index (χ3n) is 3.54. The van der Waals surface area contributed by atoms with Crippen molar-refractivity contribution in [2.45, 2.75) is 32.8 Å². The molecule has 0 spiro atoms. The number of hydrogen-bond donors (Lipinski definition) is 1. The van der Waals surface area contributed by atoms with Crippen LogP contribution in [0.3, 0.4) is 0 Å². The zero-order valence-corrected chi connectivity index (χ0v) is 12.6. The van der Waals surface area contributed by atoms with Crippen molar-refractivity contribution in [1.82, 2.24) is 0 Å². The molecule has 0 bridgehead atoms. The molecule has 0 radical (unpaired) electrons. The third kappa shape index (κ3) is 3.02. The summed E-state index contributed by atoms with van der Waals surface area (Å²) in [6.45, 7) is 5.67. The van der Waals surface area contributed by atoms with Gasteiger partial charge in [-0.15, -0.1) is 0 Å². The topological polar surface area (TPSA) is 20.2 Å². The minimum atomic E-state index is -1.09. The van der Waals surface area contributed by atoms with Crippen molar-refractivity contribution in [3.63, 3.8) is 0 Å².